The predicted octanol–water partition coefficient (Wildman–Crippen LogP) is 2.10. The molecule has 3 nitrogen and oxygen atoms in total. The third kappa shape index (κ3) is 2.26. The minimum absolute atomic E-state index is 0.417. The van der Waals surface area contributed by atoms with Gasteiger partial charge in [-0.25, -0.2) is 4.79 Å². The van der Waals surface area contributed by atoms with Gasteiger partial charge in [0.1, 0.15) is 12.4 Å². The van der Waals surface area contributed by atoms with E-state index in [0.717, 1.165) is 23.0 Å². The summed E-state index contributed by atoms with van der Waals surface area (Å²) in [4.78, 5) is 10.3. The number of hydrogen-bond donors (Lipinski definition) is 1. The van der Waals surface area contributed by atoms with Crippen LogP contribution in [0.2, 0.25) is 0 Å². The van der Waals surface area contributed by atoms with Gasteiger partial charge in [0, 0.05) is 11.6 Å². The second-order valence-corrected chi connectivity index (χ2v) is 3.22. The van der Waals surface area contributed by atoms with Crippen LogP contribution in [-0.2, 0) is 4.79 Å². The van der Waals surface area contributed by atoms with E-state index in [1.54, 1.807) is 6.08 Å². The lowest BCUT2D eigenvalue weighted by Gasteiger charge is -2.15. The van der Waals surface area contributed by atoms with Crippen molar-refractivity contribution in [3.8, 4) is 5.75 Å². The van der Waals surface area contributed by atoms with Crippen LogP contribution in [0.15, 0.2) is 42.0 Å². The van der Waals surface area contributed by atoms with Crippen molar-refractivity contribution in [2.24, 2.45) is 0 Å². The first-order valence-electron chi connectivity index (χ1n) is 4.59. The molecule has 0 fully saturated rings. The Morgan fingerprint density at radius 1 is 1.40 bits per heavy atom. The molecule has 3 heteroatoms. The molecule has 0 bridgehead atoms. The van der Waals surface area contributed by atoms with Crippen molar-refractivity contribution in [3.05, 3.63) is 47.6 Å². The van der Waals surface area contributed by atoms with Crippen molar-refractivity contribution >= 4 is 12.0 Å². The summed E-state index contributed by atoms with van der Waals surface area (Å²) in [6.45, 7) is 0.417. The Bertz CT molecular complexity index is 444. The molecule has 0 saturated carbocycles. The van der Waals surface area contributed by atoms with Crippen LogP contribution in [0.5, 0.6) is 5.75 Å². The van der Waals surface area contributed by atoms with Crippen LogP contribution in [0.25, 0.3) is 6.08 Å². The van der Waals surface area contributed by atoms with Gasteiger partial charge in [-0.2, -0.15) is 0 Å². The highest BCUT2D eigenvalue weighted by Crippen LogP contribution is 2.25. The number of carboxylic acid groups (broad SMARTS) is 1. The minimum atomic E-state index is -0.949. The maximum Gasteiger partial charge on any atom is 0.328 e. The van der Waals surface area contributed by atoms with Gasteiger partial charge in [0.2, 0.25) is 0 Å². The number of benzene rings is 1. The molecule has 0 atom stereocenters. The fraction of sp³-hybridized carbons (Fsp3) is 0.0833. The molecule has 1 aliphatic rings. The summed E-state index contributed by atoms with van der Waals surface area (Å²) in [6, 6.07) is 7.65. The lowest BCUT2D eigenvalue weighted by molar-refractivity contribution is -0.131. The highest BCUT2D eigenvalue weighted by molar-refractivity contribution is 5.81. The summed E-state index contributed by atoms with van der Waals surface area (Å²) in [7, 11) is 0. The molecular formula is C12H10O3. The normalized spacial score (nSPS) is 14.3. The molecule has 0 radical (unpaired) electrons. The molecule has 0 saturated heterocycles. The van der Waals surface area contributed by atoms with Crippen LogP contribution in [0.3, 0.4) is 0 Å². The molecular weight excluding hydrogens is 192 g/mol. The van der Waals surface area contributed by atoms with Crippen LogP contribution in [0.1, 0.15) is 5.56 Å². The summed E-state index contributed by atoms with van der Waals surface area (Å²) in [5, 5.41) is 8.48. The van der Waals surface area contributed by atoms with Crippen LogP contribution >= 0.6 is 0 Å². The molecule has 0 aromatic heterocycles. The zero-order valence-corrected chi connectivity index (χ0v) is 8.01. The minimum Gasteiger partial charge on any atom is -0.488 e. The second kappa shape index (κ2) is 4.00. The number of carboxylic acids is 1. The molecule has 0 unspecified atom stereocenters. The van der Waals surface area contributed by atoms with E-state index in [-0.39, 0.29) is 0 Å². The van der Waals surface area contributed by atoms with E-state index in [1.165, 1.54) is 0 Å². The maximum atomic E-state index is 10.3. The van der Waals surface area contributed by atoms with E-state index in [1.807, 2.05) is 30.3 Å². The van der Waals surface area contributed by atoms with Crippen molar-refractivity contribution in [2.45, 2.75) is 0 Å². The average Bonchev–Trinajstić information content (AvgIpc) is 2.26. The van der Waals surface area contributed by atoms with Gasteiger partial charge < -0.3 is 9.84 Å². The third-order valence-corrected chi connectivity index (χ3v) is 2.09. The summed E-state index contributed by atoms with van der Waals surface area (Å²) in [6.07, 6.45) is 4.60. The van der Waals surface area contributed by atoms with E-state index >= 15 is 0 Å². The molecule has 0 aliphatic carbocycles. The van der Waals surface area contributed by atoms with Crippen molar-refractivity contribution in [1.82, 2.24) is 0 Å². The third-order valence-electron chi connectivity index (χ3n) is 2.09. The molecule has 1 aliphatic heterocycles. The fourth-order valence-electron chi connectivity index (χ4n) is 1.41. The van der Waals surface area contributed by atoms with Gasteiger partial charge >= 0.3 is 5.97 Å². The topological polar surface area (TPSA) is 46.5 Å². The molecule has 1 heterocycles. The fourth-order valence-corrected chi connectivity index (χ4v) is 1.41. The quantitative estimate of drug-likeness (QED) is 0.747. The van der Waals surface area contributed by atoms with Crippen LogP contribution in [0, 0.1) is 0 Å². The standard InChI is InChI=1S/C12H10O3/c13-12(14)6-5-9-7-10-3-1-2-4-11(10)15-8-9/h1-7H,8H2,(H,13,14). The van der Waals surface area contributed by atoms with Crippen LogP contribution in [-0.4, -0.2) is 17.7 Å². The number of aliphatic carboxylic acids is 1. The Morgan fingerprint density at radius 2 is 2.20 bits per heavy atom. The zero-order chi connectivity index (χ0) is 10.7. The van der Waals surface area contributed by atoms with Gasteiger partial charge in [0.25, 0.3) is 0 Å². The molecule has 1 aromatic rings. The number of hydrogen-bond acceptors (Lipinski definition) is 2. The van der Waals surface area contributed by atoms with E-state index < -0.39 is 5.97 Å². The predicted molar refractivity (Wildman–Crippen MR) is 56.7 cm³/mol. The Balaban J connectivity index is 2.25. The summed E-state index contributed by atoms with van der Waals surface area (Å²) < 4.78 is 5.46. The van der Waals surface area contributed by atoms with Crippen molar-refractivity contribution < 1.29 is 14.6 Å². The number of rotatable bonds is 2. The molecule has 76 valence electrons. The van der Waals surface area contributed by atoms with E-state index in [0.29, 0.717) is 6.61 Å². The van der Waals surface area contributed by atoms with Gasteiger partial charge in [-0.3, -0.25) is 0 Å². The van der Waals surface area contributed by atoms with Gasteiger partial charge in [0.15, 0.2) is 0 Å². The van der Waals surface area contributed by atoms with Crippen molar-refractivity contribution in [1.29, 1.82) is 0 Å². The van der Waals surface area contributed by atoms with Gasteiger partial charge in [-0.15, -0.1) is 0 Å². The number of carbonyl (C=O) groups is 1. The summed E-state index contributed by atoms with van der Waals surface area (Å²) in [5.74, 6) is -0.111. The van der Waals surface area contributed by atoms with Gasteiger partial charge in [0.05, 0.1) is 0 Å². The zero-order valence-electron chi connectivity index (χ0n) is 8.01. The smallest absolute Gasteiger partial charge is 0.328 e. The van der Waals surface area contributed by atoms with Crippen molar-refractivity contribution in [3.63, 3.8) is 0 Å². The van der Waals surface area contributed by atoms with Crippen LogP contribution in [0.4, 0.5) is 0 Å². The first-order chi connectivity index (χ1) is 7.25. The van der Waals surface area contributed by atoms with Gasteiger partial charge in [-0.1, -0.05) is 18.2 Å². The maximum absolute atomic E-state index is 10.3. The first-order valence-corrected chi connectivity index (χ1v) is 4.59. The SMILES string of the molecule is O=C(O)C=CC1=Cc2ccccc2OC1. The van der Waals surface area contributed by atoms with Crippen molar-refractivity contribution in [2.75, 3.05) is 6.61 Å². The highest BCUT2D eigenvalue weighted by Gasteiger charge is 2.08. The Labute approximate surface area is 87.3 Å². The molecule has 0 amide bonds. The average molecular weight is 202 g/mol. The molecule has 1 N–H and O–H groups in total. The lowest BCUT2D eigenvalue weighted by Crippen LogP contribution is -2.05. The largest absolute Gasteiger partial charge is 0.488 e. The van der Waals surface area contributed by atoms with E-state index in [4.69, 9.17) is 9.84 Å². The second-order valence-electron chi connectivity index (χ2n) is 3.22. The lowest BCUT2D eigenvalue weighted by atomic mass is 10.1. The monoisotopic (exact) mass is 202 g/mol. The molecule has 0 spiro atoms. The molecule has 2 rings (SSSR count). The van der Waals surface area contributed by atoms with Crippen LogP contribution < -0.4 is 4.74 Å². The number of para-hydroxylation sites is 1. The van der Waals surface area contributed by atoms with E-state index in [2.05, 4.69) is 0 Å². The number of ether oxygens (including phenoxy) is 1. The summed E-state index contributed by atoms with van der Waals surface area (Å²) >= 11 is 0. The Morgan fingerprint density at radius 3 is 3.00 bits per heavy atom. The Kier molecular flexibility index (Phi) is 2.54. The molecule has 15 heavy (non-hydrogen) atoms. The first kappa shape index (κ1) is 9.52. The van der Waals surface area contributed by atoms with Gasteiger partial charge in [-0.05, 0) is 23.8 Å². The highest BCUT2D eigenvalue weighted by atomic mass is 16.5. The number of fused-ring (bicyclic) bond motifs is 1. The Hall–Kier alpha value is -2.03. The van der Waals surface area contributed by atoms with E-state index in [9.17, 15) is 4.79 Å². The summed E-state index contributed by atoms with van der Waals surface area (Å²) in [5.41, 5.74) is 1.84. The molecule has 1 aromatic carbocycles.